The fourth-order valence-electron chi connectivity index (χ4n) is 3.42. The van der Waals surface area contributed by atoms with Gasteiger partial charge in [0.15, 0.2) is 5.82 Å². The second-order valence-corrected chi connectivity index (χ2v) is 6.61. The van der Waals surface area contributed by atoms with Gasteiger partial charge in [-0.25, -0.2) is 9.67 Å². The molecule has 3 heterocycles. The Balaban J connectivity index is 1.58. The predicted molar refractivity (Wildman–Crippen MR) is 94.3 cm³/mol. The third-order valence-corrected chi connectivity index (χ3v) is 4.79. The predicted octanol–water partition coefficient (Wildman–Crippen LogP) is 0.690. The van der Waals surface area contributed by atoms with Crippen molar-refractivity contribution in [3.05, 3.63) is 48.5 Å². The number of carbonyl (C=O) groups excluding carboxylic acids is 1. The molecule has 0 bridgehead atoms. The molecule has 1 aromatic carbocycles. The Hall–Kier alpha value is -3.07. The number of nitrogens with one attached hydrogen (secondary N) is 1. The van der Waals surface area contributed by atoms with E-state index >= 15 is 0 Å². The van der Waals surface area contributed by atoms with Crippen molar-refractivity contribution in [3.8, 4) is 11.4 Å². The number of hydrogen-bond donors (Lipinski definition) is 1. The maximum absolute atomic E-state index is 13.1. The number of aromatic nitrogens is 6. The number of aromatic amines is 1. The number of H-pyrrole nitrogens is 1. The van der Waals surface area contributed by atoms with Crippen LogP contribution in [0.1, 0.15) is 16.4 Å². The normalized spacial score (nSPS) is 20.0. The first kappa shape index (κ1) is 16.4. The molecule has 1 N–H and O–H groups in total. The Morgan fingerprint density at radius 2 is 2.19 bits per heavy atom. The zero-order valence-corrected chi connectivity index (χ0v) is 14.6. The molecular formula is C17H20N8O. The lowest BCUT2D eigenvalue weighted by Crippen LogP contribution is -2.37. The minimum Gasteiger partial charge on any atom is -0.335 e. The van der Waals surface area contributed by atoms with E-state index < -0.39 is 0 Å². The van der Waals surface area contributed by atoms with Crippen molar-refractivity contribution in [2.45, 2.75) is 12.1 Å². The Bertz CT molecular complexity index is 874. The van der Waals surface area contributed by atoms with Crippen LogP contribution in [0.2, 0.25) is 0 Å². The van der Waals surface area contributed by atoms with Gasteiger partial charge in [0, 0.05) is 30.4 Å². The van der Waals surface area contributed by atoms with Gasteiger partial charge >= 0.3 is 0 Å². The summed E-state index contributed by atoms with van der Waals surface area (Å²) >= 11 is 0. The summed E-state index contributed by atoms with van der Waals surface area (Å²) in [6.07, 6.45) is 4.96. The first-order valence-corrected chi connectivity index (χ1v) is 8.41. The summed E-state index contributed by atoms with van der Waals surface area (Å²) in [7, 11) is 4.04. The maximum Gasteiger partial charge on any atom is 0.254 e. The third-order valence-electron chi connectivity index (χ3n) is 4.79. The second-order valence-electron chi connectivity index (χ2n) is 6.61. The van der Waals surface area contributed by atoms with E-state index in [2.05, 4.69) is 30.4 Å². The van der Waals surface area contributed by atoms with Gasteiger partial charge in [-0.05, 0) is 26.2 Å². The van der Waals surface area contributed by atoms with E-state index in [-0.39, 0.29) is 18.0 Å². The van der Waals surface area contributed by atoms with Crippen molar-refractivity contribution in [2.75, 3.05) is 27.2 Å². The van der Waals surface area contributed by atoms with Gasteiger partial charge in [-0.15, -0.1) is 5.10 Å². The number of likely N-dealkylation sites (N-methyl/N-ethyl adjacent to an activating group) is 1. The molecule has 0 aliphatic carbocycles. The third kappa shape index (κ3) is 2.97. The highest BCUT2D eigenvalue weighted by Gasteiger charge is 2.38. The molecule has 1 aliphatic heterocycles. The summed E-state index contributed by atoms with van der Waals surface area (Å²) in [6, 6.07) is 7.69. The molecule has 0 spiro atoms. The summed E-state index contributed by atoms with van der Waals surface area (Å²) < 4.78 is 1.84. The van der Waals surface area contributed by atoms with Gasteiger partial charge in [0.05, 0.1) is 18.3 Å². The molecule has 1 fully saturated rings. The fourth-order valence-corrected chi connectivity index (χ4v) is 3.42. The van der Waals surface area contributed by atoms with E-state index in [1.165, 1.54) is 6.33 Å². The Morgan fingerprint density at radius 1 is 1.31 bits per heavy atom. The standard InChI is InChI=1S/C17H20N8O/c1-23(2)14-9-24(10-15(14)25-7-6-19-22-25)17(26)13-5-3-4-12(8-13)16-18-11-20-21-16/h3-8,11,14-15H,9-10H2,1-2H3,(H,18,20,21)/t14-,15+/m1/s1. The average Bonchev–Trinajstić information content (AvgIpc) is 3.42. The van der Waals surface area contributed by atoms with Crippen LogP contribution in [0.4, 0.5) is 0 Å². The van der Waals surface area contributed by atoms with E-state index in [0.717, 1.165) is 5.56 Å². The highest BCUT2D eigenvalue weighted by atomic mass is 16.2. The monoisotopic (exact) mass is 352 g/mol. The smallest absolute Gasteiger partial charge is 0.254 e. The number of nitrogens with zero attached hydrogens (tertiary/aromatic N) is 7. The molecule has 9 nitrogen and oxygen atoms in total. The van der Waals surface area contributed by atoms with E-state index in [1.54, 1.807) is 6.20 Å². The molecule has 4 rings (SSSR count). The lowest BCUT2D eigenvalue weighted by molar-refractivity contribution is 0.0781. The molecular weight excluding hydrogens is 332 g/mol. The minimum atomic E-state index is 0.000769. The number of benzene rings is 1. The number of carbonyl (C=O) groups is 1. The second kappa shape index (κ2) is 6.68. The molecule has 9 heteroatoms. The Kier molecular flexibility index (Phi) is 4.21. The van der Waals surface area contributed by atoms with Crippen molar-refractivity contribution in [2.24, 2.45) is 0 Å². The molecule has 134 valence electrons. The first-order valence-electron chi connectivity index (χ1n) is 8.41. The van der Waals surface area contributed by atoms with Crippen LogP contribution in [0, 0.1) is 0 Å². The van der Waals surface area contributed by atoms with Crippen LogP contribution >= 0.6 is 0 Å². The van der Waals surface area contributed by atoms with Gasteiger partial charge in [0.25, 0.3) is 5.91 Å². The van der Waals surface area contributed by atoms with Crippen molar-refractivity contribution < 1.29 is 4.79 Å². The van der Waals surface area contributed by atoms with E-state index in [9.17, 15) is 4.79 Å². The van der Waals surface area contributed by atoms with E-state index in [0.29, 0.717) is 24.5 Å². The largest absolute Gasteiger partial charge is 0.335 e. The SMILES string of the molecule is CN(C)[C@@H]1CN(C(=O)c2cccc(-c3ncn[nH]3)c2)C[C@@H]1n1ccnn1. The van der Waals surface area contributed by atoms with Gasteiger partial charge in [-0.1, -0.05) is 17.3 Å². The summed E-state index contributed by atoms with van der Waals surface area (Å²) in [5, 5.41) is 14.7. The van der Waals surface area contributed by atoms with Gasteiger partial charge in [0.1, 0.15) is 6.33 Å². The first-order chi connectivity index (χ1) is 12.6. The summed E-state index contributed by atoms with van der Waals surface area (Å²) in [5.74, 6) is 0.647. The highest BCUT2D eigenvalue weighted by Crippen LogP contribution is 2.26. The topological polar surface area (TPSA) is 95.8 Å². The van der Waals surface area contributed by atoms with E-state index in [4.69, 9.17) is 0 Å². The van der Waals surface area contributed by atoms with Crippen LogP contribution in [0.3, 0.4) is 0 Å². The maximum atomic E-state index is 13.1. The molecule has 3 aromatic rings. The molecule has 2 atom stereocenters. The van der Waals surface area contributed by atoms with E-state index in [1.807, 2.05) is 54.1 Å². The molecule has 0 unspecified atom stereocenters. The molecule has 1 amide bonds. The van der Waals surface area contributed by atoms with Crippen LogP contribution < -0.4 is 0 Å². The summed E-state index contributed by atoms with van der Waals surface area (Å²) in [5.41, 5.74) is 1.47. The van der Waals surface area contributed by atoms with Gasteiger partial charge in [-0.2, -0.15) is 5.10 Å². The zero-order valence-electron chi connectivity index (χ0n) is 14.6. The van der Waals surface area contributed by atoms with Crippen LogP contribution in [-0.4, -0.2) is 79.1 Å². The molecule has 1 saturated heterocycles. The molecule has 0 saturated carbocycles. The number of amides is 1. The van der Waals surface area contributed by atoms with Crippen molar-refractivity contribution in [1.29, 1.82) is 0 Å². The van der Waals surface area contributed by atoms with Crippen molar-refractivity contribution >= 4 is 5.91 Å². The van der Waals surface area contributed by atoms with Crippen LogP contribution in [-0.2, 0) is 0 Å². The van der Waals surface area contributed by atoms with Gasteiger partial charge in [0.2, 0.25) is 0 Å². The molecule has 1 aliphatic rings. The Labute approximate surface area is 150 Å². The van der Waals surface area contributed by atoms with Crippen molar-refractivity contribution in [1.82, 2.24) is 40.0 Å². The lowest BCUT2D eigenvalue weighted by Gasteiger charge is -2.24. The highest BCUT2D eigenvalue weighted by molar-refractivity contribution is 5.95. The molecule has 26 heavy (non-hydrogen) atoms. The fraction of sp³-hybridized carbons (Fsp3) is 0.353. The van der Waals surface area contributed by atoms with Crippen LogP contribution in [0.15, 0.2) is 43.0 Å². The number of rotatable bonds is 4. The van der Waals surface area contributed by atoms with Crippen molar-refractivity contribution in [3.63, 3.8) is 0 Å². The quantitative estimate of drug-likeness (QED) is 0.742. The summed E-state index contributed by atoms with van der Waals surface area (Å²) in [6.45, 7) is 1.24. The zero-order chi connectivity index (χ0) is 18.1. The van der Waals surface area contributed by atoms with Gasteiger partial charge in [-0.3, -0.25) is 9.89 Å². The van der Waals surface area contributed by atoms with Crippen LogP contribution in [0.5, 0.6) is 0 Å². The van der Waals surface area contributed by atoms with Gasteiger partial charge < -0.3 is 9.80 Å². The molecule has 0 radical (unpaired) electrons. The number of hydrogen-bond acceptors (Lipinski definition) is 6. The summed E-state index contributed by atoms with van der Waals surface area (Å²) in [4.78, 5) is 21.2. The molecule has 2 aromatic heterocycles. The average molecular weight is 352 g/mol. The lowest BCUT2D eigenvalue weighted by atomic mass is 10.1. The number of likely N-dealkylation sites (tertiary alicyclic amines) is 1. The minimum absolute atomic E-state index is 0.000769. The van der Waals surface area contributed by atoms with Crippen LogP contribution in [0.25, 0.3) is 11.4 Å². The Morgan fingerprint density at radius 3 is 2.88 bits per heavy atom.